The molecule has 64 valence electrons. The molecule has 1 fully saturated rings. The van der Waals surface area contributed by atoms with Crippen molar-refractivity contribution in [3.05, 3.63) is 35.9 Å². The second-order valence-electron chi connectivity index (χ2n) is 2.88. The Bertz CT molecular complexity index is 227. The van der Waals surface area contributed by atoms with Crippen LogP contribution in [0.1, 0.15) is 18.1 Å². The molecule has 0 aliphatic carbocycles. The molecule has 1 saturated heterocycles. The molecule has 0 spiro atoms. The molecule has 0 bridgehead atoms. The standard InChI is InChI=1S/C10H12O2/c1-2-4-9(5-3-1)10-6-7-11-8-12-10/h1-5,10H,6-8H2/t10-/m0/s1. The summed E-state index contributed by atoms with van der Waals surface area (Å²) in [5, 5.41) is 0. The number of ether oxygens (including phenoxy) is 2. The van der Waals surface area contributed by atoms with E-state index in [1.54, 1.807) is 0 Å². The molecule has 1 heterocycles. The van der Waals surface area contributed by atoms with E-state index in [4.69, 9.17) is 9.47 Å². The summed E-state index contributed by atoms with van der Waals surface area (Å²) in [6, 6.07) is 10.3. The minimum absolute atomic E-state index is 0.236. The first kappa shape index (κ1) is 7.77. The Labute approximate surface area is 72.1 Å². The Balaban J connectivity index is 2.08. The average molecular weight is 164 g/mol. The van der Waals surface area contributed by atoms with Gasteiger partial charge in [-0.15, -0.1) is 0 Å². The SMILES string of the molecule is c1ccc([C@@H]2CCOCO2)cc1. The van der Waals surface area contributed by atoms with Crippen molar-refractivity contribution in [2.45, 2.75) is 12.5 Å². The third kappa shape index (κ3) is 1.65. The van der Waals surface area contributed by atoms with E-state index in [1.165, 1.54) is 5.56 Å². The molecule has 0 amide bonds. The Morgan fingerprint density at radius 1 is 1.17 bits per heavy atom. The highest BCUT2D eigenvalue weighted by Crippen LogP contribution is 2.23. The number of rotatable bonds is 1. The smallest absolute Gasteiger partial charge is 0.147 e. The predicted octanol–water partition coefficient (Wildman–Crippen LogP) is 2.12. The van der Waals surface area contributed by atoms with Crippen LogP contribution in [-0.2, 0) is 9.47 Å². The maximum atomic E-state index is 5.44. The first-order valence-corrected chi connectivity index (χ1v) is 4.21. The van der Waals surface area contributed by atoms with Crippen LogP contribution in [0, 0.1) is 0 Å². The third-order valence-corrected chi connectivity index (χ3v) is 2.05. The largest absolute Gasteiger partial charge is 0.355 e. The van der Waals surface area contributed by atoms with Crippen LogP contribution in [-0.4, -0.2) is 13.4 Å². The summed E-state index contributed by atoms with van der Waals surface area (Å²) in [4.78, 5) is 0. The van der Waals surface area contributed by atoms with Gasteiger partial charge in [-0.2, -0.15) is 0 Å². The van der Waals surface area contributed by atoms with Crippen molar-refractivity contribution in [3.63, 3.8) is 0 Å². The van der Waals surface area contributed by atoms with Crippen molar-refractivity contribution in [1.82, 2.24) is 0 Å². The molecule has 1 aromatic carbocycles. The van der Waals surface area contributed by atoms with Crippen LogP contribution in [0.25, 0.3) is 0 Å². The van der Waals surface area contributed by atoms with Crippen LogP contribution in [0.2, 0.25) is 0 Å². The zero-order valence-corrected chi connectivity index (χ0v) is 6.90. The molecule has 0 N–H and O–H groups in total. The van der Waals surface area contributed by atoms with Crippen molar-refractivity contribution in [3.8, 4) is 0 Å². The van der Waals surface area contributed by atoms with Gasteiger partial charge in [-0.1, -0.05) is 30.3 Å². The van der Waals surface area contributed by atoms with Crippen LogP contribution in [0.4, 0.5) is 0 Å². The Morgan fingerprint density at radius 2 is 2.00 bits per heavy atom. The summed E-state index contributed by atoms with van der Waals surface area (Å²) in [5.74, 6) is 0. The molecule has 2 rings (SSSR count). The summed E-state index contributed by atoms with van der Waals surface area (Å²) < 4.78 is 10.5. The Kier molecular flexibility index (Phi) is 2.39. The van der Waals surface area contributed by atoms with Crippen LogP contribution in [0.3, 0.4) is 0 Å². The van der Waals surface area contributed by atoms with Crippen molar-refractivity contribution in [2.24, 2.45) is 0 Å². The fourth-order valence-corrected chi connectivity index (χ4v) is 1.39. The minimum Gasteiger partial charge on any atom is -0.355 e. The number of benzene rings is 1. The first-order valence-electron chi connectivity index (χ1n) is 4.21. The van der Waals surface area contributed by atoms with E-state index in [0.717, 1.165) is 13.0 Å². The molecule has 2 nitrogen and oxygen atoms in total. The van der Waals surface area contributed by atoms with Gasteiger partial charge in [-0.3, -0.25) is 0 Å². The van der Waals surface area contributed by atoms with Crippen molar-refractivity contribution < 1.29 is 9.47 Å². The molecule has 1 aliphatic rings. The highest BCUT2D eigenvalue weighted by Gasteiger charge is 2.15. The molecular weight excluding hydrogens is 152 g/mol. The lowest BCUT2D eigenvalue weighted by atomic mass is 10.1. The van der Waals surface area contributed by atoms with Gasteiger partial charge in [0.25, 0.3) is 0 Å². The third-order valence-electron chi connectivity index (χ3n) is 2.05. The Morgan fingerprint density at radius 3 is 2.67 bits per heavy atom. The van der Waals surface area contributed by atoms with Crippen molar-refractivity contribution in [2.75, 3.05) is 13.4 Å². The summed E-state index contributed by atoms with van der Waals surface area (Å²) in [6.07, 6.45) is 1.20. The maximum absolute atomic E-state index is 5.44. The molecule has 12 heavy (non-hydrogen) atoms. The highest BCUT2D eigenvalue weighted by molar-refractivity contribution is 5.17. The molecule has 1 atom stereocenters. The van der Waals surface area contributed by atoms with Crippen LogP contribution in [0.5, 0.6) is 0 Å². The topological polar surface area (TPSA) is 18.5 Å². The summed E-state index contributed by atoms with van der Waals surface area (Å²) >= 11 is 0. The van der Waals surface area contributed by atoms with Crippen LogP contribution in [0.15, 0.2) is 30.3 Å². The van der Waals surface area contributed by atoms with Crippen molar-refractivity contribution in [1.29, 1.82) is 0 Å². The number of hydrogen-bond donors (Lipinski definition) is 0. The normalized spacial score (nSPS) is 23.8. The van der Waals surface area contributed by atoms with E-state index in [9.17, 15) is 0 Å². The van der Waals surface area contributed by atoms with E-state index in [0.29, 0.717) is 6.79 Å². The molecule has 0 radical (unpaired) electrons. The van der Waals surface area contributed by atoms with Crippen LogP contribution < -0.4 is 0 Å². The molecule has 2 heteroatoms. The zero-order chi connectivity index (χ0) is 8.23. The molecule has 0 saturated carbocycles. The molecule has 1 aromatic rings. The quantitative estimate of drug-likeness (QED) is 0.633. The second-order valence-corrected chi connectivity index (χ2v) is 2.88. The predicted molar refractivity (Wildman–Crippen MR) is 45.7 cm³/mol. The van der Waals surface area contributed by atoms with Gasteiger partial charge in [0.05, 0.1) is 12.7 Å². The van der Waals surface area contributed by atoms with Gasteiger partial charge < -0.3 is 9.47 Å². The monoisotopic (exact) mass is 164 g/mol. The lowest BCUT2D eigenvalue weighted by Gasteiger charge is -2.22. The van der Waals surface area contributed by atoms with Gasteiger partial charge in [0.15, 0.2) is 0 Å². The summed E-state index contributed by atoms with van der Waals surface area (Å²) in [6.45, 7) is 1.24. The fraction of sp³-hybridized carbons (Fsp3) is 0.400. The van der Waals surface area contributed by atoms with Gasteiger partial charge in [-0.25, -0.2) is 0 Å². The highest BCUT2D eigenvalue weighted by atomic mass is 16.7. The Hall–Kier alpha value is -0.860. The molecular formula is C10H12O2. The average Bonchev–Trinajstić information content (AvgIpc) is 2.21. The van der Waals surface area contributed by atoms with Crippen LogP contribution >= 0.6 is 0 Å². The zero-order valence-electron chi connectivity index (χ0n) is 6.90. The fourth-order valence-electron chi connectivity index (χ4n) is 1.39. The molecule has 0 unspecified atom stereocenters. The first-order chi connectivity index (χ1) is 5.97. The van der Waals surface area contributed by atoms with Gasteiger partial charge in [-0.05, 0) is 5.56 Å². The second kappa shape index (κ2) is 3.70. The molecule has 1 aliphatic heterocycles. The van der Waals surface area contributed by atoms with Gasteiger partial charge in [0, 0.05) is 6.42 Å². The van der Waals surface area contributed by atoms with E-state index >= 15 is 0 Å². The van der Waals surface area contributed by atoms with Gasteiger partial charge >= 0.3 is 0 Å². The van der Waals surface area contributed by atoms with Gasteiger partial charge in [0.1, 0.15) is 6.79 Å². The van der Waals surface area contributed by atoms with E-state index < -0.39 is 0 Å². The number of hydrogen-bond acceptors (Lipinski definition) is 2. The van der Waals surface area contributed by atoms with E-state index in [1.807, 2.05) is 18.2 Å². The lowest BCUT2D eigenvalue weighted by Crippen LogP contribution is -2.16. The van der Waals surface area contributed by atoms with Crippen molar-refractivity contribution >= 4 is 0 Å². The summed E-state index contributed by atoms with van der Waals surface area (Å²) in [7, 11) is 0. The minimum atomic E-state index is 0.236. The lowest BCUT2D eigenvalue weighted by molar-refractivity contribution is -0.140. The summed E-state index contributed by atoms with van der Waals surface area (Å²) in [5.41, 5.74) is 1.25. The maximum Gasteiger partial charge on any atom is 0.147 e. The van der Waals surface area contributed by atoms with E-state index in [2.05, 4.69) is 12.1 Å². The van der Waals surface area contributed by atoms with E-state index in [-0.39, 0.29) is 6.10 Å². The van der Waals surface area contributed by atoms with Gasteiger partial charge in [0.2, 0.25) is 0 Å². The molecule has 0 aromatic heterocycles.